The zero-order valence-electron chi connectivity index (χ0n) is 22.8. The average Bonchev–Trinajstić information content (AvgIpc) is 2.91. The fourth-order valence-corrected chi connectivity index (χ4v) is 4.57. The smallest absolute Gasteiger partial charge is 0.264 e. The summed E-state index contributed by atoms with van der Waals surface area (Å²) >= 11 is 0. The molecule has 5 N–H and O–H groups in total. The monoisotopic (exact) mass is 540 g/mol. The first-order valence-electron chi connectivity index (χ1n) is 13.1. The largest absolute Gasteiger partial charge is 0.383 e. The molecule has 1 aliphatic heterocycles. The Morgan fingerprint density at radius 3 is 2.62 bits per heavy atom. The van der Waals surface area contributed by atoms with Gasteiger partial charge in [0.15, 0.2) is 0 Å². The Hall–Kier alpha value is -4.78. The number of anilines is 4. The highest BCUT2D eigenvalue weighted by molar-refractivity contribution is 6.16. The molecule has 1 atom stereocenters. The van der Waals surface area contributed by atoms with Crippen LogP contribution in [0.5, 0.6) is 0 Å². The van der Waals surface area contributed by atoms with Gasteiger partial charge in [0.25, 0.3) is 5.91 Å². The molecule has 0 bridgehead atoms. The summed E-state index contributed by atoms with van der Waals surface area (Å²) in [6, 6.07) is 15.2. The topological polar surface area (TPSA) is 144 Å². The Labute approximate surface area is 233 Å². The Morgan fingerprint density at radius 2 is 1.95 bits per heavy atom. The summed E-state index contributed by atoms with van der Waals surface area (Å²) in [7, 11) is 0. The number of allylic oxidation sites excluding steroid dienone is 1. The lowest BCUT2D eigenvalue weighted by molar-refractivity contribution is -0.127. The number of hydrogen-bond acceptors (Lipinski definition) is 8. The van der Waals surface area contributed by atoms with Crippen molar-refractivity contribution >= 4 is 34.6 Å². The van der Waals surface area contributed by atoms with E-state index in [9.17, 15) is 14.4 Å². The number of nitrogens with two attached hydrogens (primary N) is 1. The van der Waals surface area contributed by atoms with E-state index < -0.39 is 0 Å². The van der Waals surface area contributed by atoms with Crippen molar-refractivity contribution in [2.24, 2.45) is 5.41 Å². The van der Waals surface area contributed by atoms with E-state index in [1.54, 1.807) is 47.4 Å². The lowest BCUT2D eigenvalue weighted by atomic mass is 9.93. The molecule has 9 nitrogen and oxygen atoms in total. The second-order valence-corrected chi connectivity index (χ2v) is 10.8. The first-order valence-corrected chi connectivity index (χ1v) is 13.1. The Kier molecular flexibility index (Phi) is 8.43. The Morgan fingerprint density at radius 1 is 1.20 bits per heavy atom. The number of likely N-dealkylation sites (tertiary alicyclic amines) is 1. The first-order chi connectivity index (χ1) is 19.0. The number of nitrogens with zero attached hydrogens (tertiary/aromatic N) is 4. The number of benzene rings is 2. The summed E-state index contributed by atoms with van der Waals surface area (Å²) in [4.78, 5) is 23.2. The van der Waals surface area contributed by atoms with Crippen molar-refractivity contribution in [3.63, 3.8) is 0 Å². The Bertz CT molecular complexity index is 1470. The van der Waals surface area contributed by atoms with Gasteiger partial charge in [-0.2, -0.15) is 5.26 Å². The van der Waals surface area contributed by atoms with Gasteiger partial charge in [0, 0.05) is 36.1 Å². The molecular formula is C30H33FN8O. The second kappa shape index (κ2) is 11.9. The summed E-state index contributed by atoms with van der Waals surface area (Å²) < 4.78 is 13.5. The molecular weight excluding hydrogens is 507 g/mol. The third kappa shape index (κ3) is 6.99. The van der Waals surface area contributed by atoms with Crippen molar-refractivity contribution < 1.29 is 9.18 Å². The number of carbonyl (C=O) groups excluding carboxylic acids is 1. The number of hydrogen-bond donors (Lipinski definition) is 4. The number of rotatable bonds is 7. The number of nitrogen functional groups attached to an aromatic ring is 1. The zero-order chi connectivity index (χ0) is 28.9. The van der Waals surface area contributed by atoms with Gasteiger partial charge in [0.1, 0.15) is 35.4 Å². The highest BCUT2D eigenvalue weighted by Crippen LogP contribution is 2.26. The molecule has 4 rings (SSSR count). The lowest BCUT2D eigenvalue weighted by Crippen LogP contribution is -2.46. The van der Waals surface area contributed by atoms with Gasteiger partial charge >= 0.3 is 0 Å². The summed E-state index contributed by atoms with van der Waals surface area (Å²) in [6.45, 7) is 6.79. The van der Waals surface area contributed by atoms with Crippen LogP contribution in [0.25, 0.3) is 0 Å². The van der Waals surface area contributed by atoms with Gasteiger partial charge in [-0.25, -0.2) is 14.4 Å². The van der Waals surface area contributed by atoms with Crippen LogP contribution in [-0.4, -0.2) is 45.6 Å². The van der Waals surface area contributed by atoms with Gasteiger partial charge in [0.05, 0.1) is 11.3 Å². The molecule has 0 aliphatic carbocycles. The molecule has 1 saturated heterocycles. The highest BCUT2D eigenvalue weighted by Gasteiger charge is 2.28. The zero-order valence-corrected chi connectivity index (χ0v) is 22.8. The van der Waals surface area contributed by atoms with Crippen LogP contribution in [0, 0.1) is 28.0 Å². The number of nitriles is 1. The van der Waals surface area contributed by atoms with E-state index in [-0.39, 0.29) is 40.3 Å². The Balaban J connectivity index is 1.50. The van der Waals surface area contributed by atoms with Gasteiger partial charge in [-0.15, -0.1) is 0 Å². The van der Waals surface area contributed by atoms with Gasteiger partial charge in [-0.1, -0.05) is 45.0 Å². The molecule has 2 heterocycles. The normalized spacial score (nSPS) is 15.7. The maximum Gasteiger partial charge on any atom is 0.264 e. The van der Waals surface area contributed by atoms with Gasteiger partial charge < -0.3 is 21.3 Å². The summed E-state index contributed by atoms with van der Waals surface area (Å²) in [5.74, 6) is -0.0519. The minimum atomic E-state index is -0.333. The maximum atomic E-state index is 13.5. The average molecular weight is 541 g/mol. The molecule has 1 fully saturated rings. The van der Waals surface area contributed by atoms with Crippen molar-refractivity contribution in [3.8, 4) is 6.07 Å². The molecule has 10 heteroatoms. The van der Waals surface area contributed by atoms with Crippen molar-refractivity contribution in [2.75, 3.05) is 29.5 Å². The molecule has 0 spiro atoms. The van der Waals surface area contributed by atoms with E-state index in [2.05, 4.69) is 26.7 Å². The highest BCUT2D eigenvalue weighted by atomic mass is 19.1. The van der Waals surface area contributed by atoms with Crippen LogP contribution < -0.4 is 16.4 Å². The SMILES string of the molecule is CC(C)(C)/C=C(\C#N)C(=O)N1CCCC(Nc2ncnc(N)c2C(=N)c2ccc(Nc3cccc(F)c3)cc2)C1. The van der Waals surface area contributed by atoms with Crippen LogP contribution in [-0.2, 0) is 4.79 Å². The molecule has 3 aromatic rings. The third-order valence-corrected chi connectivity index (χ3v) is 6.39. The molecule has 1 aliphatic rings. The third-order valence-electron chi connectivity index (χ3n) is 6.39. The van der Waals surface area contributed by atoms with Gasteiger partial charge in [0.2, 0.25) is 0 Å². The van der Waals surface area contributed by atoms with Crippen molar-refractivity contribution in [1.82, 2.24) is 14.9 Å². The molecule has 1 amide bonds. The molecule has 0 radical (unpaired) electrons. The van der Waals surface area contributed by atoms with Crippen LogP contribution in [0.15, 0.2) is 66.5 Å². The van der Waals surface area contributed by atoms with E-state index in [4.69, 9.17) is 11.1 Å². The van der Waals surface area contributed by atoms with Gasteiger partial charge in [-0.05, 0) is 48.6 Å². The minimum Gasteiger partial charge on any atom is -0.383 e. The number of carbonyl (C=O) groups is 1. The minimum absolute atomic E-state index is 0.136. The van der Waals surface area contributed by atoms with Gasteiger partial charge in [-0.3, -0.25) is 10.2 Å². The van der Waals surface area contributed by atoms with Crippen molar-refractivity contribution in [1.29, 1.82) is 10.7 Å². The van der Waals surface area contributed by atoms with Crippen LogP contribution >= 0.6 is 0 Å². The standard InChI is InChI=1S/C30H33FN8O/c1-30(2,3)15-20(16-32)29(40)39-13-5-8-24(17-39)38-28-25(27(34)35-18-36-28)26(33)19-9-11-22(12-10-19)37-23-7-4-6-21(31)14-23/h4,6-7,9-12,14-15,18,24,33,37H,5,8,13,17H2,1-3H3,(H3,34,35,36,38)/b20-15+,33-26?. The molecule has 2 aromatic carbocycles. The maximum absolute atomic E-state index is 13.5. The van der Waals surface area contributed by atoms with Crippen molar-refractivity contribution in [2.45, 2.75) is 39.7 Å². The number of amides is 1. The quantitative estimate of drug-likeness (QED) is 0.182. The van der Waals surface area contributed by atoms with Crippen LogP contribution in [0.2, 0.25) is 0 Å². The van der Waals surface area contributed by atoms with Crippen LogP contribution in [0.1, 0.15) is 44.7 Å². The molecule has 40 heavy (non-hydrogen) atoms. The molecule has 1 unspecified atom stereocenters. The summed E-state index contributed by atoms with van der Waals surface area (Å²) in [5, 5.41) is 25.0. The van der Waals surface area contributed by atoms with E-state index in [0.717, 1.165) is 18.5 Å². The van der Waals surface area contributed by atoms with E-state index in [1.807, 2.05) is 20.8 Å². The summed E-state index contributed by atoms with van der Waals surface area (Å²) in [6.07, 6.45) is 4.58. The first kappa shape index (κ1) is 28.2. The molecule has 1 aromatic heterocycles. The van der Waals surface area contributed by atoms with E-state index in [0.29, 0.717) is 35.7 Å². The number of aromatic nitrogens is 2. The molecule has 0 saturated carbocycles. The predicted molar refractivity (Wildman–Crippen MR) is 155 cm³/mol. The summed E-state index contributed by atoms with van der Waals surface area (Å²) in [5.41, 5.74) is 8.51. The lowest BCUT2D eigenvalue weighted by Gasteiger charge is -2.34. The number of piperidine rings is 1. The predicted octanol–water partition coefficient (Wildman–Crippen LogP) is 5.26. The fourth-order valence-electron chi connectivity index (χ4n) is 4.57. The number of nitrogens with one attached hydrogen (secondary N) is 3. The second-order valence-electron chi connectivity index (χ2n) is 10.8. The number of halogens is 1. The van der Waals surface area contributed by atoms with Crippen molar-refractivity contribution in [3.05, 3.63) is 83.5 Å². The van der Waals surface area contributed by atoms with E-state index >= 15 is 0 Å². The van der Waals surface area contributed by atoms with Crippen LogP contribution in [0.3, 0.4) is 0 Å². The van der Waals surface area contributed by atoms with Crippen LogP contribution in [0.4, 0.5) is 27.4 Å². The van der Waals surface area contributed by atoms with E-state index in [1.165, 1.54) is 18.5 Å². The fraction of sp³-hybridized carbons (Fsp3) is 0.300. The molecule has 206 valence electrons.